The van der Waals surface area contributed by atoms with Gasteiger partial charge in [0, 0.05) is 6.42 Å². The molecular formula is C10H21Cl2N2O+. The third kappa shape index (κ3) is 4.08. The van der Waals surface area contributed by atoms with Gasteiger partial charge in [-0.2, -0.15) is 0 Å². The summed E-state index contributed by atoms with van der Waals surface area (Å²) in [5, 5.41) is 0. The van der Waals surface area contributed by atoms with E-state index in [-0.39, 0.29) is 5.54 Å². The fourth-order valence-electron chi connectivity index (χ4n) is 1.64. The predicted octanol–water partition coefficient (Wildman–Crippen LogP) is 2.24. The van der Waals surface area contributed by atoms with Crippen LogP contribution in [0, 0.1) is 0 Å². The number of hydrogen-bond acceptors (Lipinski definition) is 2. The normalized spacial score (nSPS) is 22.0. The molecule has 15 heavy (non-hydrogen) atoms. The quantitative estimate of drug-likeness (QED) is 0.565. The molecule has 0 amide bonds. The second-order valence-electron chi connectivity index (χ2n) is 5.20. The van der Waals surface area contributed by atoms with Crippen molar-refractivity contribution in [3.8, 4) is 0 Å². The van der Waals surface area contributed by atoms with E-state index >= 15 is 0 Å². The van der Waals surface area contributed by atoms with Crippen molar-refractivity contribution >= 4 is 23.6 Å². The van der Waals surface area contributed by atoms with Gasteiger partial charge in [-0.25, -0.2) is 0 Å². The van der Waals surface area contributed by atoms with Gasteiger partial charge in [-0.1, -0.05) is 0 Å². The van der Waals surface area contributed by atoms with Crippen LogP contribution < -0.4 is 0 Å². The van der Waals surface area contributed by atoms with Crippen molar-refractivity contribution in [3.05, 3.63) is 0 Å². The number of ether oxygens (including phenoxy) is 1. The number of hydrogen-bond donors (Lipinski definition) is 0. The molecular weight excluding hydrogens is 235 g/mol. The van der Waals surface area contributed by atoms with Crippen LogP contribution in [0.5, 0.6) is 0 Å². The molecule has 0 radical (unpaired) electrons. The van der Waals surface area contributed by atoms with E-state index in [0.29, 0.717) is 0 Å². The third-order valence-corrected chi connectivity index (χ3v) is 4.19. The van der Waals surface area contributed by atoms with Crippen LogP contribution in [0.15, 0.2) is 0 Å². The van der Waals surface area contributed by atoms with E-state index in [2.05, 4.69) is 20.9 Å². The van der Waals surface area contributed by atoms with Gasteiger partial charge < -0.3 is 9.22 Å². The van der Waals surface area contributed by atoms with Crippen molar-refractivity contribution in [3.63, 3.8) is 0 Å². The smallest absolute Gasteiger partial charge is 0.102 e. The van der Waals surface area contributed by atoms with E-state index in [9.17, 15) is 0 Å². The highest BCUT2D eigenvalue weighted by Crippen LogP contribution is 2.25. The van der Waals surface area contributed by atoms with Crippen molar-refractivity contribution in [1.29, 1.82) is 0 Å². The van der Waals surface area contributed by atoms with Crippen LogP contribution in [0.4, 0.5) is 0 Å². The summed E-state index contributed by atoms with van der Waals surface area (Å²) in [5.41, 5.74) is -0.164. The summed E-state index contributed by atoms with van der Waals surface area (Å²) in [6.07, 6.45) is 0.983. The summed E-state index contributed by atoms with van der Waals surface area (Å²) < 4.78 is 7.69. The molecule has 1 heterocycles. The summed E-state index contributed by atoms with van der Waals surface area (Å²) in [6, 6.07) is 0. The molecule has 5 heteroatoms. The van der Waals surface area contributed by atoms with Crippen molar-refractivity contribution in [2.45, 2.75) is 25.8 Å². The Bertz CT molecular complexity index is 204. The van der Waals surface area contributed by atoms with Crippen LogP contribution in [0.3, 0.4) is 0 Å². The van der Waals surface area contributed by atoms with Gasteiger partial charge in [0.25, 0.3) is 0 Å². The molecule has 0 aromatic heterocycles. The summed E-state index contributed by atoms with van der Waals surface area (Å²) in [5.74, 6) is 0. The zero-order valence-corrected chi connectivity index (χ0v) is 11.3. The highest BCUT2D eigenvalue weighted by Gasteiger charge is 2.31. The monoisotopic (exact) mass is 255 g/mol. The van der Waals surface area contributed by atoms with Crippen LogP contribution in [0.1, 0.15) is 20.3 Å². The maximum absolute atomic E-state index is 5.80. The molecule has 1 rings (SSSR count). The SMILES string of the molecule is CC(C)(CC[N+]1(C)CCOCC1)N(Cl)Cl. The molecule has 1 saturated heterocycles. The van der Waals surface area contributed by atoms with E-state index in [0.717, 1.165) is 43.8 Å². The Morgan fingerprint density at radius 2 is 1.80 bits per heavy atom. The molecule has 90 valence electrons. The van der Waals surface area contributed by atoms with Crippen molar-refractivity contribution in [2.75, 3.05) is 39.9 Å². The number of nitrogens with zero attached hydrogens (tertiary/aromatic N) is 2. The second-order valence-corrected chi connectivity index (χ2v) is 6.05. The lowest BCUT2D eigenvalue weighted by molar-refractivity contribution is -0.917. The minimum atomic E-state index is -0.164. The predicted molar refractivity (Wildman–Crippen MR) is 63.8 cm³/mol. The lowest BCUT2D eigenvalue weighted by Crippen LogP contribution is -2.54. The van der Waals surface area contributed by atoms with Crippen LogP contribution in [0.25, 0.3) is 0 Å². The van der Waals surface area contributed by atoms with Gasteiger partial charge in [0.05, 0.1) is 32.3 Å². The van der Waals surface area contributed by atoms with Gasteiger partial charge in [-0.15, -0.1) is 3.94 Å². The maximum atomic E-state index is 5.80. The van der Waals surface area contributed by atoms with Crippen LogP contribution in [-0.2, 0) is 4.74 Å². The molecule has 0 spiro atoms. The zero-order valence-electron chi connectivity index (χ0n) is 9.80. The van der Waals surface area contributed by atoms with Crippen LogP contribution in [0.2, 0.25) is 0 Å². The summed E-state index contributed by atoms with van der Waals surface area (Å²) in [4.78, 5) is 0. The van der Waals surface area contributed by atoms with Crippen molar-refractivity contribution in [2.24, 2.45) is 0 Å². The molecule has 0 aromatic carbocycles. The average molecular weight is 256 g/mol. The minimum absolute atomic E-state index is 0.164. The first-order valence-electron chi connectivity index (χ1n) is 5.39. The second kappa shape index (κ2) is 5.19. The summed E-state index contributed by atoms with van der Waals surface area (Å²) >= 11 is 11.6. The number of rotatable bonds is 4. The number of likely N-dealkylation sites (N-methyl/N-ethyl adjacent to an activating group) is 1. The Morgan fingerprint density at radius 1 is 1.27 bits per heavy atom. The molecule has 0 saturated carbocycles. The van der Waals surface area contributed by atoms with Gasteiger partial charge in [0.15, 0.2) is 0 Å². The topological polar surface area (TPSA) is 12.5 Å². The van der Waals surface area contributed by atoms with Gasteiger partial charge in [-0.3, -0.25) is 0 Å². The van der Waals surface area contributed by atoms with Gasteiger partial charge in [0.2, 0.25) is 0 Å². The number of quaternary nitrogens is 1. The van der Waals surface area contributed by atoms with Crippen LogP contribution in [-0.4, -0.2) is 53.9 Å². The third-order valence-electron chi connectivity index (χ3n) is 3.27. The van der Waals surface area contributed by atoms with Crippen LogP contribution >= 0.6 is 23.6 Å². The molecule has 0 bridgehead atoms. The summed E-state index contributed by atoms with van der Waals surface area (Å²) in [6.45, 7) is 9.09. The number of halogens is 2. The zero-order chi connectivity index (χ0) is 11.5. The van der Waals surface area contributed by atoms with Crippen molar-refractivity contribution < 1.29 is 9.22 Å². The molecule has 1 aliphatic heterocycles. The van der Waals surface area contributed by atoms with E-state index < -0.39 is 0 Å². The van der Waals surface area contributed by atoms with E-state index in [1.165, 1.54) is 3.94 Å². The molecule has 0 unspecified atom stereocenters. The van der Waals surface area contributed by atoms with Gasteiger partial charge >= 0.3 is 0 Å². The summed E-state index contributed by atoms with van der Waals surface area (Å²) in [7, 11) is 2.27. The molecule has 1 fully saturated rings. The first-order chi connectivity index (χ1) is 6.86. The Balaban J connectivity index is 2.41. The minimum Gasteiger partial charge on any atom is -0.370 e. The molecule has 0 aromatic rings. The van der Waals surface area contributed by atoms with Crippen molar-refractivity contribution in [1.82, 2.24) is 3.94 Å². The molecule has 1 aliphatic rings. The molecule has 3 nitrogen and oxygen atoms in total. The fourth-order valence-corrected chi connectivity index (χ4v) is 1.80. The highest BCUT2D eigenvalue weighted by molar-refractivity contribution is 6.34. The first kappa shape index (κ1) is 13.5. The molecule has 0 aliphatic carbocycles. The van der Waals surface area contributed by atoms with E-state index in [1.807, 2.05) is 0 Å². The van der Waals surface area contributed by atoms with Gasteiger partial charge in [-0.05, 0) is 37.4 Å². The Labute approximate surface area is 103 Å². The highest BCUT2D eigenvalue weighted by atomic mass is 35.5. The Morgan fingerprint density at radius 3 is 2.27 bits per heavy atom. The first-order valence-corrected chi connectivity index (χ1v) is 6.06. The largest absolute Gasteiger partial charge is 0.370 e. The lowest BCUT2D eigenvalue weighted by atomic mass is 10.0. The standard InChI is InChI=1S/C10H21Cl2N2O/c1-10(2,13(11)12)4-5-14(3)6-8-15-9-7-14/h4-9H2,1-3H3/q+1. The van der Waals surface area contributed by atoms with Gasteiger partial charge in [0.1, 0.15) is 13.1 Å². The fraction of sp³-hybridized carbons (Fsp3) is 1.00. The Kier molecular flexibility index (Phi) is 4.68. The maximum Gasteiger partial charge on any atom is 0.102 e. The van der Waals surface area contributed by atoms with E-state index in [4.69, 9.17) is 28.3 Å². The molecule has 0 N–H and O–H groups in total. The van der Waals surface area contributed by atoms with E-state index in [1.54, 1.807) is 0 Å². The Hall–Kier alpha value is 0.460. The average Bonchev–Trinajstić information content (AvgIpc) is 2.16. The molecule has 0 atom stereocenters. The number of morpholine rings is 1. The lowest BCUT2D eigenvalue weighted by Gasteiger charge is -2.40.